The van der Waals surface area contributed by atoms with Crippen molar-refractivity contribution in [2.45, 2.75) is 32.7 Å². The molecule has 0 heterocycles. The third kappa shape index (κ3) is 3.37. The van der Waals surface area contributed by atoms with Gasteiger partial charge in [-0.05, 0) is 49.9 Å². The van der Waals surface area contributed by atoms with E-state index in [4.69, 9.17) is 17.3 Å². The molecule has 72 valence electrons. The lowest BCUT2D eigenvalue weighted by Crippen LogP contribution is -2.15. The summed E-state index contributed by atoms with van der Waals surface area (Å²) in [6.07, 6.45) is 2.03. The maximum Gasteiger partial charge on any atom is 0.0408 e. The van der Waals surface area contributed by atoms with Gasteiger partial charge in [0, 0.05) is 11.1 Å². The monoisotopic (exact) mass is 197 g/mol. The summed E-state index contributed by atoms with van der Waals surface area (Å²) >= 11 is 5.90. The zero-order chi connectivity index (χ0) is 9.84. The molecule has 0 aliphatic rings. The second-order valence-corrected chi connectivity index (χ2v) is 4.02. The molecule has 1 aromatic rings. The van der Waals surface area contributed by atoms with E-state index >= 15 is 0 Å². The van der Waals surface area contributed by atoms with Crippen LogP contribution in [0.15, 0.2) is 18.2 Å². The van der Waals surface area contributed by atoms with Crippen LogP contribution in [-0.4, -0.2) is 6.04 Å². The Morgan fingerprint density at radius 3 is 2.77 bits per heavy atom. The topological polar surface area (TPSA) is 26.0 Å². The van der Waals surface area contributed by atoms with Gasteiger partial charge in [-0.2, -0.15) is 0 Å². The van der Waals surface area contributed by atoms with E-state index in [1.807, 2.05) is 19.1 Å². The summed E-state index contributed by atoms with van der Waals surface area (Å²) in [5.74, 6) is 0. The van der Waals surface area contributed by atoms with Crippen LogP contribution in [0.1, 0.15) is 24.5 Å². The number of hydrogen-bond donors (Lipinski definition) is 1. The third-order valence-corrected chi connectivity index (χ3v) is 2.42. The van der Waals surface area contributed by atoms with Crippen LogP contribution in [0.3, 0.4) is 0 Å². The molecule has 0 fully saturated rings. The maximum atomic E-state index is 5.90. The van der Waals surface area contributed by atoms with Gasteiger partial charge in [0.05, 0.1) is 0 Å². The van der Waals surface area contributed by atoms with Crippen molar-refractivity contribution >= 4 is 11.6 Å². The predicted octanol–water partition coefficient (Wildman–Crippen LogP) is 2.93. The molecule has 2 heteroatoms. The first-order chi connectivity index (χ1) is 6.09. The average molecular weight is 198 g/mol. The normalized spacial score (nSPS) is 12.9. The zero-order valence-electron chi connectivity index (χ0n) is 8.18. The van der Waals surface area contributed by atoms with Gasteiger partial charge < -0.3 is 5.73 Å². The van der Waals surface area contributed by atoms with Crippen LogP contribution < -0.4 is 5.73 Å². The van der Waals surface area contributed by atoms with Crippen molar-refractivity contribution in [2.75, 3.05) is 0 Å². The molecule has 1 nitrogen and oxygen atoms in total. The summed E-state index contributed by atoms with van der Waals surface area (Å²) in [5.41, 5.74) is 8.30. The van der Waals surface area contributed by atoms with Gasteiger partial charge in [-0.1, -0.05) is 17.7 Å². The first kappa shape index (κ1) is 10.6. The van der Waals surface area contributed by atoms with Crippen LogP contribution in [-0.2, 0) is 6.42 Å². The summed E-state index contributed by atoms with van der Waals surface area (Å²) in [5, 5.41) is 0.810. The second-order valence-electron chi connectivity index (χ2n) is 3.59. The average Bonchev–Trinajstić information content (AvgIpc) is 2.06. The van der Waals surface area contributed by atoms with Crippen molar-refractivity contribution < 1.29 is 0 Å². The Hall–Kier alpha value is -0.530. The van der Waals surface area contributed by atoms with Crippen LogP contribution in [0.2, 0.25) is 5.02 Å². The van der Waals surface area contributed by atoms with Gasteiger partial charge in [0.2, 0.25) is 0 Å². The van der Waals surface area contributed by atoms with Gasteiger partial charge in [0.1, 0.15) is 0 Å². The quantitative estimate of drug-likeness (QED) is 0.793. The predicted molar refractivity (Wildman–Crippen MR) is 58.2 cm³/mol. The van der Waals surface area contributed by atoms with Crippen LogP contribution >= 0.6 is 11.6 Å². The van der Waals surface area contributed by atoms with E-state index in [9.17, 15) is 0 Å². The molecule has 1 rings (SSSR count). The Morgan fingerprint density at radius 2 is 2.15 bits per heavy atom. The van der Waals surface area contributed by atoms with E-state index in [1.165, 1.54) is 11.1 Å². The lowest BCUT2D eigenvalue weighted by atomic mass is 10.0. The first-order valence-electron chi connectivity index (χ1n) is 4.60. The van der Waals surface area contributed by atoms with E-state index in [0.717, 1.165) is 17.9 Å². The van der Waals surface area contributed by atoms with Crippen molar-refractivity contribution in [3.05, 3.63) is 34.3 Å². The molecule has 0 spiro atoms. The summed E-state index contributed by atoms with van der Waals surface area (Å²) in [7, 11) is 0. The second kappa shape index (κ2) is 4.64. The minimum Gasteiger partial charge on any atom is -0.328 e. The van der Waals surface area contributed by atoms with E-state index in [-0.39, 0.29) is 6.04 Å². The summed E-state index contributed by atoms with van der Waals surface area (Å²) in [4.78, 5) is 0. The molecular formula is C11H16ClN. The van der Waals surface area contributed by atoms with Crippen molar-refractivity contribution in [1.82, 2.24) is 0 Å². The molecule has 1 atom stereocenters. The van der Waals surface area contributed by atoms with Gasteiger partial charge in [-0.15, -0.1) is 0 Å². The van der Waals surface area contributed by atoms with Gasteiger partial charge in [0.15, 0.2) is 0 Å². The standard InChI is InChI=1S/C11H16ClN/c1-8-3-6-11(12)7-10(8)5-4-9(2)13/h3,6-7,9H,4-5,13H2,1-2H3. The number of halogens is 1. The van der Waals surface area contributed by atoms with Crippen molar-refractivity contribution in [3.8, 4) is 0 Å². The molecule has 0 aliphatic heterocycles. The highest BCUT2D eigenvalue weighted by Crippen LogP contribution is 2.17. The van der Waals surface area contributed by atoms with Crippen molar-refractivity contribution in [2.24, 2.45) is 5.73 Å². The van der Waals surface area contributed by atoms with E-state index in [1.54, 1.807) is 0 Å². The van der Waals surface area contributed by atoms with Gasteiger partial charge >= 0.3 is 0 Å². The van der Waals surface area contributed by atoms with Crippen LogP contribution in [0.4, 0.5) is 0 Å². The molecule has 0 bridgehead atoms. The Labute approximate surface area is 84.9 Å². The van der Waals surface area contributed by atoms with Gasteiger partial charge in [-0.25, -0.2) is 0 Å². The largest absolute Gasteiger partial charge is 0.328 e. The lowest BCUT2D eigenvalue weighted by molar-refractivity contribution is 0.664. The molecule has 13 heavy (non-hydrogen) atoms. The van der Waals surface area contributed by atoms with Crippen molar-refractivity contribution in [3.63, 3.8) is 0 Å². The molecule has 0 amide bonds. The fourth-order valence-electron chi connectivity index (χ4n) is 1.29. The van der Waals surface area contributed by atoms with Crippen molar-refractivity contribution in [1.29, 1.82) is 0 Å². The molecule has 0 aromatic heterocycles. The Bertz CT molecular complexity index is 281. The molecule has 0 saturated carbocycles. The fourth-order valence-corrected chi connectivity index (χ4v) is 1.49. The van der Waals surface area contributed by atoms with Crippen LogP contribution in [0, 0.1) is 6.92 Å². The zero-order valence-corrected chi connectivity index (χ0v) is 8.93. The SMILES string of the molecule is Cc1ccc(Cl)cc1CCC(C)N. The third-order valence-electron chi connectivity index (χ3n) is 2.18. The Balaban J connectivity index is 2.70. The summed E-state index contributed by atoms with van der Waals surface area (Å²) in [6, 6.07) is 6.27. The number of hydrogen-bond acceptors (Lipinski definition) is 1. The summed E-state index contributed by atoms with van der Waals surface area (Å²) in [6.45, 7) is 4.13. The highest BCUT2D eigenvalue weighted by molar-refractivity contribution is 6.30. The fraction of sp³-hybridized carbons (Fsp3) is 0.455. The molecule has 0 saturated heterocycles. The highest BCUT2D eigenvalue weighted by Gasteiger charge is 2.01. The first-order valence-corrected chi connectivity index (χ1v) is 4.98. The number of aryl methyl sites for hydroxylation is 2. The molecule has 2 N–H and O–H groups in total. The summed E-state index contributed by atoms with van der Waals surface area (Å²) < 4.78 is 0. The maximum absolute atomic E-state index is 5.90. The lowest BCUT2D eigenvalue weighted by Gasteiger charge is -2.08. The number of rotatable bonds is 3. The molecule has 1 aromatic carbocycles. The molecular weight excluding hydrogens is 182 g/mol. The molecule has 0 aliphatic carbocycles. The van der Waals surface area contributed by atoms with E-state index in [2.05, 4.69) is 13.0 Å². The van der Waals surface area contributed by atoms with Crippen LogP contribution in [0.5, 0.6) is 0 Å². The van der Waals surface area contributed by atoms with Crippen LogP contribution in [0.25, 0.3) is 0 Å². The van der Waals surface area contributed by atoms with E-state index < -0.39 is 0 Å². The van der Waals surface area contributed by atoms with Gasteiger partial charge in [-0.3, -0.25) is 0 Å². The minimum absolute atomic E-state index is 0.262. The Morgan fingerprint density at radius 1 is 1.46 bits per heavy atom. The molecule has 1 unspecified atom stereocenters. The minimum atomic E-state index is 0.262. The molecule has 0 radical (unpaired) electrons. The van der Waals surface area contributed by atoms with Gasteiger partial charge in [0.25, 0.3) is 0 Å². The highest BCUT2D eigenvalue weighted by atomic mass is 35.5. The number of nitrogens with two attached hydrogens (primary N) is 1. The Kier molecular flexibility index (Phi) is 3.76. The smallest absolute Gasteiger partial charge is 0.0408 e. The number of benzene rings is 1. The van der Waals surface area contributed by atoms with E-state index in [0.29, 0.717) is 0 Å².